The third-order valence-corrected chi connectivity index (χ3v) is 3.45. The molecule has 3 heteroatoms. The lowest BCUT2D eigenvalue weighted by Gasteiger charge is -2.15. The molecule has 20 heavy (non-hydrogen) atoms. The predicted octanol–water partition coefficient (Wildman–Crippen LogP) is 4.31. The number of rotatable bonds is 6. The third kappa shape index (κ3) is 2.78. The molecule has 0 aliphatic rings. The summed E-state index contributed by atoms with van der Waals surface area (Å²) in [5.74, 6) is 0.987. The highest BCUT2D eigenvalue weighted by molar-refractivity contribution is 5.77. The van der Waals surface area contributed by atoms with E-state index in [1.807, 2.05) is 24.3 Å². The first-order chi connectivity index (χ1) is 9.86. The lowest BCUT2D eigenvalue weighted by molar-refractivity contribution is 0.426. The highest BCUT2D eigenvalue weighted by Crippen LogP contribution is 2.26. The SMILES string of the molecule is CCCNC(Cc1ccoc1)c1cc2ccccc2o1. The van der Waals surface area contributed by atoms with Crippen molar-refractivity contribution in [1.29, 1.82) is 0 Å². The molecule has 3 rings (SSSR count). The Labute approximate surface area is 118 Å². The van der Waals surface area contributed by atoms with Gasteiger partial charge in [0.15, 0.2) is 0 Å². The summed E-state index contributed by atoms with van der Waals surface area (Å²) >= 11 is 0. The summed E-state index contributed by atoms with van der Waals surface area (Å²) in [4.78, 5) is 0. The van der Waals surface area contributed by atoms with Gasteiger partial charge in [-0.2, -0.15) is 0 Å². The molecule has 0 bridgehead atoms. The molecule has 0 amide bonds. The Morgan fingerprint density at radius 2 is 2.10 bits per heavy atom. The van der Waals surface area contributed by atoms with E-state index in [1.165, 1.54) is 5.56 Å². The summed E-state index contributed by atoms with van der Waals surface area (Å²) in [6.45, 7) is 3.14. The average Bonchev–Trinajstić information content (AvgIpc) is 3.12. The van der Waals surface area contributed by atoms with Crippen LogP contribution in [0.25, 0.3) is 11.0 Å². The molecule has 2 heterocycles. The van der Waals surface area contributed by atoms with Crippen molar-refractivity contribution in [2.75, 3.05) is 6.54 Å². The van der Waals surface area contributed by atoms with Gasteiger partial charge in [0.1, 0.15) is 11.3 Å². The maximum Gasteiger partial charge on any atom is 0.134 e. The van der Waals surface area contributed by atoms with Crippen LogP contribution in [-0.2, 0) is 6.42 Å². The van der Waals surface area contributed by atoms with Crippen LogP contribution in [0, 0.1) is 0 Å². The van der Waals surface area contributed by atoms with E-state index in [9.17, 15) is 0 Å². The molecule has 0 spiro atoms. The van der Waals surface area contributed by atoms with Gasteiger partial charge in [-0.05, 0) is 43.1 Å². The largest absolute Gasteiger partial charge is 0.472 e. The zero-order valence-corrected chi connectivity index (χ0v) is 11.6. The second-order valence-corrected chi connectivity index (χ2v) is 5.03. The first-order valence-electron chi connectivity index (χ1n) is 7.09. The quantitative estimate of drug-likeness (QED) is 0.724. The van der Waals surface area contributed by atoms with Crippen LogP contribution < -0.4 is 5.32 Å². The molecule has 1 atom stereocenters. The Bertz CT molecular complexity index is 622. The van der Waals surface area contributed by atoms with Crippen LogP contribution in [0.1, 0.15) is 30.7 Å². The summed E-state index contributed by atoms with van der Waals surface area (Å²) in [6, 6.07) is 12.4. The molecule has 0 fully saturated rings. The summed E-state index contributed by atoms with van der Waals surface area (Å²) < 4.78 is 11.1. The Kier molecular flexibility index (Phi) is 3.88. The van der Waals surface area contributed by atoms with Crippen LogP contribution >= 0.6 is 0 Å². The third-order valence-electron chi connectivity index (χ3n) is 3.45. The zero-order valence-electron chi connectivity index (χ0n) is 11.6. The van der Waals surface area contributed by atoms with Crippen LogP contribution in [0.4, 0.5) is 0 Å². The van der Waals surface area contributed by atoms with Gasteiger partial charge in [0, 0.05) is 5.39 Å². The Hall–Kier alpha value is -2.00. The highest BCUT2D eigenvalue weighted by atomic mass is 16.3. The van der Waals surface area contributed by atoms with E-state index < -0.39 is 0 Å². The number of benzene rings is 1. The van der Waals surface area contributed by atoms with Gasteiger partial charge in [0.05, 0.1) is 18.6 Å². The molecule has 3 nitrogen and oxygen atoms in total. The standard InChI is InChI=1S/C17H19NO2/c1-2-8-18-15(10-13-7-9-19-12-13)17-11-14-5-3-4-6-16(14)20-17/h3-7,9,11-12,15,18H,2,8,10H2,1H3. The van der Waals surface area contributed by atoms with E-state index in [0.717, 1.165) is 36.1 Å². The normalized spacial score (nSPS) is 12.8. The maximum atomic E-state index is 5.98. The van der Waals surface area contributed by atoms with E-state index in [2.05, 4.69) is 24.4 Å². The minimum Gasteiger partial charge on any atom is -0.472 e. The van der Waals surface area contributed by atoms with E-state index in [1.54, 1.807) is 12.5 Å². The van der Waals surface area contributed by atoms with Crippen molar-refractivity contribution in [1.82, 2.24) is 5.32 Å². The molecule has 0 radical (unpaired) electrons. The maximum absolute atomic E-state index is 5.98. The van der Waals surface area contributed by atoms with Gasteiger partial charge in [-0.1, -0.05) is 25.1 Å². The number of furan rings is 2. The minimum atomic E-state index is 0.181. The Morgan fingerprint density at radius 1 is 1.20 bits per heavy atom. The van der Waals surface area contributed by atoms with Crippen LogP contribution in [0.2, 0.25) is 0 Å². The summed E-state index contributed by atoms with van der Waals surface area (Å²) in [7, 11) is 0. The number of nitrogens with one attached hydrogen (secondary N) is 1. The summed E-state index contributed by atoms with van der Waals surface area (Å²) in [6.07, 6.45) is 5.48. The monoisotopic (exact) mass is 269 g/mol. The smallest absolute Gasteiger partial charge is 0.134 e. The number of hydrogen-bond donors (Lipinski definition) is 1. The van der Waals surface area contributed by atoms with E-state index >= 15 is 0 Å². The van der Waals surface area contributed by atoms with Crippen molar-refractivity contribution in [3.8, 4) is 0 Å². The molecule has 0 saturated carbocycles. The van der Waals surface area contributed by atoms with Gasteiger partial charge >= 0.3 is 0 Å². The van der Waals surface area contributed by atoms with Gasteiger partial charge in [0.2, 0.25) is 0 Å². The first-order valence-corrected chi connectivity index (χ1v) is 7.09. The topological polar surface area (TPSA) is 38.3 Å². The van der Waals surface area contributed by atoms with E-state index in [-0.39, 0.29) is 6.04 Å². The second kappa shape index (κ2) is 5.97. The fraction of sp³-hybridized carbons (Fsp3) is 0.294. The lowest BCUT2D eigenvalue weighted by atomic mass is 10.1. The van der Waals surface area contributed by atoms with Crippen molar-refractivity contribution in [3.63, 3.8) is 0 Å². The molecule has 2 aromatic heterocycles. The molecule has 0 saturated heterocycles. The molecule has 0 aliphatic heterocycles. The molecule has 1 unspecified atom stereocenters. The van der Waals surface area contributed by atoms with Gasteiger partial charge in [-0.3, -0.25) is 0 Å². The van der Waals surface area contributed by atoms with Crippen LogP contribution in [0.3, 0.4) is 0 Å². The molecular weight excluding hydrogens is 250 g/mol. The average molecular weight is 269 g/mol. The van der Waals surface area contributed by atoms with Crippen molar-refractivity contribution in [2.24, 2.45) is 0 Å². The summed E-state index contributed by atoms with van der Waals surface area (Å²) in [5, 5.41) is 4.70. The number of para-hydroxylation sites is 1. The van der Waals surface area contributed by atoms with Crippen molar-refractivity contribution >= 4 is 11.0 Å². The van der Waals surface area contributed by atoms with Crippen LogP contribution in [0.15, 0.2) is 57.8 Å². The van der Waals surface area contributed by atoms with Gasteiger partial charge in [-0.25, -0.2) is 0 Å². The van der Waals surface area contributed by atoms with Gasteiger partial charge in [-0.15, -0.1) is 0 Å². The Morgan fingerprint density at radius 3 is 2.85 bits per heavy atom. The van der Waals surface area contributed by atoms with E-state index in [4.69, 9.17) is 8.83 Å². The number of hydrogen-bond acceptors (Lipinski definition) is 3. The summed E-state index contributed by atoms with van der Waals surface area (Å²) in [5.41, 5.74) is 2.12. The van der Waals surface area contributed by atoms with Gasteiger partial charge < -0.3 is 14.2 Å². The molecule has 104 valence electrons. The minimum absolute atomic E-state index is 0.181. The van der Waals surface area contributed by atoms with Crippen LogP contribution in [-0.4, -0.2) is 6.54 Å². The molecular formula is C17H19NO2. The second-order valence-electron chi connectivity index (χ2n) is 5.03. The van der Waals surface area contributed by atoms with Gasteiger partial charge in [0.25, 0.3) is 0 Å². The fourth-order valence-corrected chi connectivity index (χ4v) is 2.41. The molecule has 1 N–H and O–H groups in total. The van der Waals surface area contributed by atoms with Crippen molar-refractivity contribution in [2.45, 2.75) is 25.8 Å². The molecule has 1 aromatic carbocycles. The lowest BCUT2D eigenvalue weighted by Crippen LogP contribution is -2.23. The fourth-order valence-electron chi connectivity index (χ4n) is 2.41. The Balaban J connectivity index is 1.87. The highest BCUT2D eigenvalue weighted by Gasteiger charge is 2.16. The number of fused-ring (bicyclic) bond motifs is 1. The zero-order chi connectivity index (χ0) is 13.8. The van der Waals surface area contributed by atoms with Crippen LogP contribution in [0.5, 0.6) is 0 Å². The van der Waals surface area contributed by atoms with Crippen molar-refractivity contribution in [3.05, 3.63) is 60.2 Å². The first kappa shape index (κ1) is 13.0. The molecule has 3 aromatic rings. The predicted molar refractivity (Wildman–Crippen MR) is 79.7 cm³/mol. The molecule has 0 aliphatic carbocycles. The van der Waals surface area contributed by atoms with Crippen molar-refractivity contribution < 1.29 is 8.83 Å². The van der Waals surface area contributed by atoms with E-state index in [0.29, 0.717) is 0 Å².